The second-order valence-corrected chi connectivity index (χ2v) is 6.29. The van der Waals surface area contributed by atoms with Gasteiger partial charge in [0.25, 0.3) is 11.5 Å². The van der Waals surface area contributed by atoms with Crippen LogP contribution in [0.5, 0.6) is 0 Å². The Labute approximate surface area is 140 Å². The van der Waals surface area contributed by atoms with Crippen molar-refractivity contribution < 1.29 is 13.9 Å². The molecule has 3 rings (SSSR count). The van der Waals surface area contributed by atoms with E-state index >= 15 is 0 Å². The monoisotopic (exact) mass is 333 g/mol. The third-order valence-corrected chi connectivity index (χ3v) is 4.67. The summed E-state index contributed by atoms with van der Waals surface area (Å²) in [6, 6.07) is 0.169. The molecule has 1 unspecified atom stereocenters. The van der Waals surface area contributed by atoms with Crippen LogP contribution in [0.4, 0.5) is 0 Å². The predicted octanol–water partition coefficient (Wildman–Crippen LogP) is 1.96. The van der Waals surface area contributed by atoms with E-state index in [1.54, 1.807) is 14.0 Å². The maximum atomic E-state index is 13.0. The third-order valence-electron chi connectivity index (χ3n) is 4.67. The molecule has 0 aliphatic carbocycles. The Kier molecular flexibility index (Phi) is 4.71. The topological polar surface area (TPSA) is 77.6 Å². The summed E-state index contributed by atoms with van der Waals surface area (Å²) in [7, 11) is 1.58. The van der Waals surface area contributed by atoms with Crippen LogP contribution in [-0.2, 0) is 11.3 Å². The van der Waals surface area contributed by atoms with E-state index in [-0.39, 0.29) is 28.6 Å². The predicted molar refractivity (Wildman–Crippen MR) is 89.2 cm³/mol. The van der Waals surface area contributed by atoms with Gasteiger partial charge in [-0.05, 0) is 33.1 Å². The van der Waals surface area contributed by atoms with Crippen molar-refractivity contribution in [2.45, 2.75) is 45.7 Å². The van der Waals surface area contributed by atoms with Gasteiger partial charge in [-0.1, -0.05) is 0 Å². The number of furan rings is 1. The molecule has 7 nitrogen and oxygen atoms in total. The van der Waals surface area contributed by atoms with Crippen molar-refractivity contribution in [3.8, 4) is 0 Å². The number of fused-ring (bicyclic) bond motifs is 1. The minimum absolute atomic E-state index is 0.137. The van der Waals surface area contributed by atoms with Gasteiger partial charge in [-0.3, -0.25) is 14.2 Å². The van der Waals surface area contributed by atoms with E-state index in [9.17, 15) is 9.59 Å². The number of piperidine rings is 1. The second kappa shape index (κ2) is 6.76. The highest BCUT2D eigenvalue weighted by Crippen LogP contribution is 2.26. The Hall–Kier alpha value is -2.15. The standard InChI is InChI=1S/C17H23N3O4/c1-11-6-4-5-7-20(11)17(22)13-12(2)24-15-14(13)16(21)19(10-18-15)8-9-23-3/h10-11H,4-9H2,1-3H3. The molecule has 0 radical (unpaired) electrons. The van der Waals surface area contributed by atoms with E-state index in [1.165, 1.54) is 10.9 Å². The van der Waals surface area contributed by atoms with Crippen molar-refractivity contribution in [2.24, 2.45) is 0 Å². The molecule has 130 valence electrons. The van der Waals surface area contributed by atoms with Crippen LogP contribution in [0, 0.1) is 6.92 Å². The molecule has 0 spiro atoms. The molecular formula is C17H23N3O4. The number of likely N-dealkylation sites (tertiary alicyclic amines) is 1. The Balaban J connectivity index is 2.08. The molecule has 1 saturated heterocycles. The van der Waals surface area contributed by atoms with Gasteiger partial charge in [0.1, 0.15) is 17.5 Å². The van der Waals surface area contributed by atoms with Gasteiger partial charge in [0, 0.05) is 19.7 Å². The fourth-order valence-electron chi connectivity index (χ4n) is 3.29. The number of carbonyl (C=O) groups excluding carboxylic acids is 1. The summed E-state index contributed by atoms with van der Waals surface area (Å²) in [5.41, 5.74) is 0.309. The van der Waals surface area contributed by atoms with Crippen LogP contribution in [0.25, 0.3) is 11.1 Å². The Morgan fingerprint density at radius 3 is 2.96 bits per heavy atom. The molecule has 7 heteroatoms. The van der Waals surface area contributed by atoms with Crippen LogP contribution in [-0.4, -0.2) is 46.7 Å². The first-order valence-electron chi connectivity index (χ1n) is 8.33. The fourth-order valence-corrected chi connectivity index (χ4v) is 3.29. The molecule has 1 fully saturated rings. The first kappa shape index (κ1) is 16.7. The zero-order valence-corrected chi connectivity index (χ0v) is 14.4. The molecular weight excluding hydrogens is 310 g/mol. The highest BCUT2D eigenvalue weighted by molar-refractivity contribution is 6.06. The quantitative estimate of drug-likeness (QED) is 0.855. The van der Waals surface area contributed by atoms with E-state index in [4.69, 9.17) is 9.15 Å². The summed E-state index contributed by atoms with van der Waals surface area (Å²) in [4.78, 5) is 31.9. The van der Waals surface area contributed by atoms with Gasteiger partial charge < -0.3 is 14.1 Å². The number of hydrogen-bond acceptors (Lipinski definition) is 5. The lowest BCUT2D eigenvalue weighted by Gasteiger charge is -2.33. The maximum Gasteiger partial charge on any atom is 0.265 e. The minimum Gasteiger partial charge on any atom is -0.442 e. The molecule has 1 amide bonds. The van der Waals surface area contributed by atoms with Crippen molar-refractivity contribution in [1.82, 2.24) is 14.5 Å². The van der Waals surface area contributed by atoms with Gasteiger partial charge in [-0.25, -0.2) is 4.98 Å². The van der Waals surface area contributed by atoms with Crippen LogP contribution >= 0.6 is 0 Å². The highest BCUT2D eigenvalue weighted by atomic mass is 16.5. The molecule has 0 bridgehead atoms. The maximum absolute atomic E-state index is 13.0. The van der Waals surface area contributed by atoms with Crippen molar-refractivity contribution in [3.63, 3.8) is 0 Å². The van der Waals surface area contributed by atoms with Gasteiger partial charge in [0.2, 0.25) is 5.71 Å². The number of aromatic nitrogens is 2. The van der Waals surface area contributed by atoms with E-state index in [2.05, 4.69) is 4.98 Å². The lowest BCUT2D eigenvalue weighted by Crippen LogP contribution is -2.42. The summed E-state index contributed by atoms with van der Waals surface area (Å²) < 4.78 is 12.1. The molecule has 0 N–H and O–H groups in total. The number of carbonyl (C=O) groups is 1. The minimum atomic E-state index is -0.262. The SMILES string of the molecule is COCCn1cnc2oc(C)c(C(=O)N3CCCCC3C)c2c1=O. The molecule has 2 aromatic heterocycles. The van der Waals surface area contributed by atoms with Crippen molar-refractivity contribution in [2.75, 3.05) is 20.3 Å². The smallest absolute Gasteiger partial charge is 0.265 e. The number of ether oxygens (including phenoxy) is 1. The van der Waals surface area contributed by atoms with E-state index in [0.29, 0.717) is 31.0 Å². The lowest BCUT2D eigenvalue weighted by atomic mass is 10.0. The highest BCUT2D eigenvalue weighted by Gasteiger charge is 2.30. The average Bonchev–Trinajstić information content (AvgIpc) is 2.91. The van der Waals surface area contributed by atoms with E-state index < -0.39 is 0 Å². The fraction of sp³-hybridized carbons (Fsp3) is 0.588. The largest absolute Gasteiger partial charge is 0.442 e. The second-order valence-electron chi connectivity index (χ2n) is 6.29. The molecule has 1 aliphatic heterocycles. The first-order valence-corrected chi connectivity index (χ1v) is 8.33. The van der Waals surface area contributed by atoms with Crippen molar-refractivity contribution in [3.05, 3.63) is 28.0 Å². The summed E-state index contributed by atoms with van der Waals surface area (Å²) in [5.74, 6) is 0.309. The van der Waals surface area contributed by atoms with Gasteiger partial charge in [-0.15, -0.1) is 0 Å². The summed E-state index contributed by atoms with van der Waals surface area (Å²) in [6.07, 6.45) is 4.53. The van der Waals surface area contributed by atoms with Crippen LogP contribution < -0.4 is 5.56 Å². The average molecular weight is 333 g/mol. The zero-order valence-electron chi connectivity index (χ0n) is 14.4. The van der Waals surface area contributed by atoms with E-state index in [1.807, 2.05) is 11.8 Å². The number of hydrogen-bond donors (Lipinski definition) is 0. The number of rotatable bonds is 4. The molecule has 0 saturated carbocycles. The normalized spacial score (nSPS) is 18.3. The van der Waals surface area contributed by atoms with Crippen LogP contribution in [0.15, 0.2) is 15.5 Å². The number of amides is 1. The zero-order chi connectivity index (χ0) is 17.3. The molecule has 3 heterocycles. The summed E-state index contributed by atoms with van der Waals surface area (Å²) in [6.45, 7) is 5.25. The van der Waals surface area contributed by atoms with Crippen LogP contribution in [0.1, 0.15) is 42.3 Å². The Morgan fingerprint density at radius 2 is 2.25 bits per heavy atom. The third kappa shape index (κ3) is 2.84. The Bertz CT molecular complexity index is 808. The van der Waals surface area contributed by atoms with Gasteiger partial charge in [-0.2, -0.15) is 0 Å². The van der Waals surface area contributed by atoms with Crippen molar-refractivity contribution >= 4 is 17.0 Å². The number of aryl methyl sites for hydroxylation is 1. The molecule has 1 atom stereocenters. The van der Waals surface area contributed by atoms with Crippen LogP contribution in [0.3, 0.4) is 0 Å². The molecule has 2 aromatic rings. The molecule has 1 aliphatic rings. The van der Waals surface area contributed by atoms with Crippen molar-refractivity contribution in [1.29, 1.82) is 0 Å². The van der Waals surface area contributed by atoms with Gasteiger partial charge in [0.15, 0.2) is 0 Å². The number of nitrogens with zero attached hydrogens (tertiary/aromatic N) is 3. The van der Waals surface area contributed by atoms with Gasteiger partial charge >= 0.3 is 0 Å². The number of methoxy groups -OCH3 is 1. The Morgan fingerprint density at radius 1 is 1.46 bits per heavy atom. The molecule has 24 heavy (non-hydrogen) atoms. The van der Waals surface area contributed by atoms with E-state index in [0.717, 1.165) is 19.3 Å². The van der Waals surface area contributed by atoms with Crippen LogP contribution in [0.2, 0.25) is 0 Å². The lowest BCUT2D eigenvalue weighted by molar-refractivity contribution is 0.0635. The first-order chi connectivity index (χ1) is 11.5. The summed E-state index contributed by atoms with van der Waals surface area (Å²) >= 11 is 0. The summed E-state index contributed by atoms with van der Waals surface area (Å²) in [5, 5.41) is 0.272. The molecule has 0 aromatic carbocycles. The van der Waals surface area contributed by atoms with Gasteiger partial charge in [0.05, 0.1) is 18.7 Å².